The molecule has 0 aliphatic heterocycles. The fourth-order valence-electron chi connectivity index (χ4n) is 2.16. The summed E-state index contributed by atoms with van der Waals surface area (Å²) in [4.78, 5) is 0. The maximum Gasteiger partial charge on any atom is 0.0305 e. The van der Waals surface area contributed by atoms with Crippen LogP contribution in [-0.2, 0) is 0 Å². The lowest BCUT2D eigenvalue weighted by Gasteiger charge is -2.21. The number of aryl methyl sites for hydroxylation is 1. The molecular formula is C15H19NS. The van der Waals surface area contributed by atoms with Crippen molar-refractivity contribution in [3.05, 3.63) is 57.8 Å². The number of rotatable bonds is 4. The van der Waals surface area contributed by atoms with Gasteiger partial charge in [0, 0.05) is 12.1 Å². The highest BCUT2D eigenvalue weighted by Crippen LogP contribution is 2.22. The molecule has 0 fully saturated rings. The number of hydrogen-bond donors (Lipinski definition) is 1. The van der Waals surface area contributed by atoms with E-state index in [1.807, 2.05) is 0 Å². The van der Waals surface area contributed by atoms with Crippen molar-refractivity contribution in [3.63, 3.8) is 0 Å². The Bertz CT molecular complexity index is 462. The van der Waals surface area contributed by atoms with Gasteiger partial charge in [0.05, 0.1) is 0 Å². The zero-order valence-electron chi connectivity index (χ0n) is 10.6. The lowest BCUT2D eigenvalue weighted by molar-refractivity contribution is 0.494. The quantitative estimate of drug-likeness (QED) is 0.838. The molecule has 1 nitrogen and oxygen atoms in total. The molecule has 0 radical (unpaired) electrons. The standard InChI is InChI=1S/C15H19NS/c1-11-6-4-5-7-15(11)13(3)16-12(2)14-8-9-17-10-14/h4-10,12-13,16H,1-3H3/t12?,13-/m1/s1. The molecule has 2 atom stereocenters. The van der Waals surface area contributed by atoms with Crippen molar-refractivity contribution in [2.24, 2.45) is 0 Å². The minimum Gasteiger partial charge on any atom is -0.304 e. The molecule has 1 aromatic heterocycles. The zero-order valence-corrected chi connectivity index (χ0v) is 11.4. The van der Waals surface area contributed by atoms with Crippen LogP contribution in [0.3, 0.4) is 0 Å². The van der Waals surface area contributed by atoms with E-state index in [0.717, 1.165) is 0 Å². The monoisotopic (exact) mass is 245 g/mol. The molecule has 90 valence electrons. The first-order valence-electron chi connectivity index (χ1n) is 6.02. The largest absolute Gasteiger partial charge is 0.304 e. The van der Waals surface area contributed by atoms with Crippen LogP contribution < -0.4 is 5.32 Å². The van der Waals surface area contributed by atoms with Gasteiger partial charge in [-0.1, -0.05) is 24.3 Å². The van der Waals surface area contributed by atoms with Crippen LogP contribution >= 0.6 is 11.3 Å². The van der Waals surface area contributed by atoms with Gasteiger partial charge in [-0.05, 0) is 54.3 Å². The molecule has 0 spiro atoms. The molecule has 0 saturated carbocycles. The normalized spacial score (nSPS) is 14.5. The highest BCUT2D eigenvalue weighted by molar-refractivity contribution is 7.07. The molecule has 1 heterocycles. The second-order valence-electron chi connectivity index (χ2n) is 4.52. The molecule has 0 aliphatic rings. The van der Waals surface area contributed by atoms with Gasteiger partial charge >= 0.3 is 0 Å². The van der Waals surface area contributed by atoms with Gasteiger partial charge in [-0.15, -0.1) is 0 Å². The number of nitrogens with one attached hydrogen (secondary N) is 1. The molecule has 1 N–H and O–H groups in total. The summed E-state index contributed by atoms with van der Waals surface area (Å²) in [5, 5.41) is 7.99. The maximum atomic E-state index is 3.65. The Morgan fingerprint density at radius 2 is 1.82 bits per heavy atom. The van der Waals surface area contributed by atoms with E-state index < -0.39 is 0 Å². The van der Waals surface area contributed by atoms with Crippen LogP contribution in [0.2, 0.25) is 0 Å². The summed E-state index contributed by atoms with van der Waals surface area (Å²) in [5.41, 5.74) is 4.11. The molecule has 17 heavy (non-hydrogen) atoms. The molecule has 0 amide bonds. The van der Waals surface area contributed by atoms with Gasteiger partial charge in [0.15, 0.2) is 0 Å². The van der Waals surface area contributed by atoms with Crippen molar-refractivity contribution >= 4 is 11.3 Å². The minimum atomic E-state index is 0.381. The smallest absolute Gasteiger partial charge is 0.0305 e. The fraction of sp³-hybridized carbons (Fsp3) is 0.333. The summed E-state index contributed by atoms with van der Waals surface area (Å²) in [6.45, 7) is 6.62. The van der Waals surface area contributed by atoms with E-state index in [2.05, 4.69) is 67.2 Å². The Balaban J connectivity index is 2.07. The predicted octanol–water partition coefficient (Wildman–Crippen LogP) is 4.47. The Morgan fingerprint density at radius 3 is 2.47 bits per heavy atom. The van der Waals surface area contributed by atoms with Gasteiger partial charge in [0.1, 0.15) is 0 Å². The summed E-state index contributed by atoms with van der Waals surface area (Å²) in [6, 6.07) is 11.5. The third kappa shape index (κ3) is 2.96. The molecule has 2 rings (SSSR count). The van der Waals surface area contributed by atoms with Crippen molar-refractivity contribution in [2.45, 2.75) is 32.9 Å². The first-order chi connectivity index (χ1) is 8.18. The highest BCUT2D eigenvalue weighted by atomic mass is 32.1. The summed E-state index contributed by atoms with van der Waals surface area (Å²) < 4.78 is 0. The van der Waals surface area contributed by atoms with Gasteiger partial charge in [0.25, 0.3) is 0 Å². The van der Waals surface area contributed by atoms with Crippen LogP contribution in [-0.4, -0.2) is 0 Å². The van der Waals surface area contributed by atoms with Gasteiger partial charge in [-0.25, -0.2) is 0 Å². The van der Waals surface area contributed by atoms with Crippen molar-refractivity contribution in [1.29, 1.82) is 0 Å². The summed E-state index contributed by atoms with van der Waals surface area (Å²) in [7, 11) is 0. The van der Waals surface area contributed by atoms with Crippen LogP contribution in [0.5, 0.6) is 0 Å². The predicted molar refractivity (Wildman–Crippen MR) is 75.5 cm³/mol. The lowest BCUT2D eigenvalue weighted by Crippen LogP contribution is -2.22. The summed E-state index contributed by atoms with van der Waals surface area (Å²) >= 11 is 1.75. The van der Waals surface area contributed by atoms with Crippen LogP contribution in [0.25, 0.3) is 0 Å². The molecular weight excluding hydrogens is 226 g/mol. The summed E-state index contributed by atoms with van der Waals surface area (Å²) in [6.07, 6.45) is 0. The molecule has 0 saturated heterocycles. The van der Waals surface area contributed by atoms with Crippen LogP contribution in [0, 0.1) is 6.92 Å². The van der Waals surface area contributed by atoms with E-state index in [-0.39, 0.29) is 0 Å². The third-order valence-electron chi connectivity index (χ3n) is 3.20. The van der Waals surface area contributed by atoms with Crippen molar-refractivity contribution in [2.75, 3.05) is 0 Å². The van der Waals surface area contributed by atoms with Crippen LogP contribution in [0.4, 0.5) is 0 Å². The van der Waals surface area contributed by atoms with E-state index in [1.54, 1.807) is 11.3 Å². The van der Waals surface area contributed by atoms with Crippen molar-refractivity contribution in [1.82, 2.24) is 5.32 Å². The first-order valence-corrected chi connectivity index (χ1v) is 6.96. The second kappa shape index (κ2) is 5.48. The molecule has 0 aliphatic carbocycles. The van der Waals surface area contributed by atoms with E-state index >= 15 is 0 Å². The zero-order chi connectivity index (χ0) is 12.3. The Kier molecular flexibility index (Phi) is 3.97. The van der Waals surface area contributed by atoms with Crippen LogP contribution in [0.1, 0.15) is 42.6 Å². The number of benzene rings is 1. The van der Waals surface area contributed by atoms with Gasteiger partial charge in [-0.3, -0.25) is 0 Å². The van der Waals surface area contributed by atoms with Crippen molar-refractivity contribution in [3.8, 4) is 0 Å². The van der Waals surface area contributed by atoms with E-state index in [4.69, 9.17) is 0 Å². The number of thiophene rings is 1. The Hall–Kier alpha value is -1.12. The van der Waals surface area contributed by atoms with Crippen molar-refractivity contribution < 1.29 is 0 Å². The highest BCUT2D eigenvalue weighted by Gasteiger charge is 2.12. The van der Waals surface area contributed by atoms with E-state index in [9.17, 15) is 0 Å². The van der Waals surface area contributed by atoms with E-state index in [1.165, 1.54) is 16.7 Å². The van der Waals surface area contributed by atoms with Gasteiger partial charge in [0.2, 0.25) is 0 Å². The molecule has 0 bridgehead atoms. The topological polar surface area (TPSA) is 12.0 Å². The molecule has 1 unspecified atom stereocenters. The fourth-order valence-corrected chi connectivity index (χ4v) is 2.91. The SMILES string of the molecule is Cc1ccccc1[C@@H](C)NC(C)c1ccsc1. The van der Waals surface area contributed by atoms with Crippen LogP contribution in [0.15, 0.2) is 41.1 Å². The van der Waals surface area contributed by atoms with Gasteiger partial charge in [-0.2, -0.15) is 11.3 Å². The molecule has 2 aromatic rings. The Morgan fingerprint density at radius 1 is 1.06 bits per heavy atom. The molecule has 2 heteroatoms. The lowest BCUT2D eigenvalue weighted by atomic mass is 10.0. The van der Waals surface area contributed by atoms with E-state index in [0.29, 0.717) is 12.1 Å². The average Bonchev–Trinajstić information content (AvgIpc) is 2.82. The third-order valence-corrected chi connectivity index (χ3v) is 3.90. The minimum absolute atomic E-state index is 0.381. The van der Waals surface area contributed by atoms with Gasteiger partial charge < -0.3 is 5.32 Å². The Labute approximate surface area is 108 Å². The first kappa shape index (κ1) is 12.3. The maximum absolute atomic E-state index is 3.65. The average molecular weight is 245 g/mol. The summed E-state index contributed by atoms with van der Waals surface area (Å²) in [5.74, 6) is 0. The number of hydrogen-bond acceptors (Lipinski definition) is 2. The molecule has 1 aromatic carbocycles. The second-order valence-corrected chi connectivity index (χ2v) is 5.30.